The Morgan fingerprint density at radius 3 is 2.12 bits per heavy atom. The topological polar surface area (TPSA) is 47.1 Å². The minimum Gasteiger partial charge on any atom is -0.339 e. The van der Waals surface area contributed by atoms with Crippen LogP contribution < -0.4 is 0 Å². The zero-order valence-corrected chi connectivity index (χ0v) is 18.7. The van der Waals surface area contributed by atoms with Crippen molar-refractivity contribution in [3.05, 3.63) is 34.3 Å². The fourth-order valence-electron chi connectivity index (χ4n) is 4.52. The molecule has 0 unspecified atom stereocenters. The van der Waals surface area contributed by atoms with E-state index in [1.165, 1.54) is 24.2 Å². The molecule has 4 rings (SSSR count). The van der Waals surface area contributed by atoms with Gasteiger partial charge in [-0.2, -0.15) is 13.2 Å². The Hall–Kier alpha value is -1.84. The number of amides is 2. The number of hydrogen-bond donors (Lipinski definition) is 0. The maximum Gasteiger partial charge on any atom is 0.416 e. The van der Waals surface area contributed by atoms with E-state index in [0.29, 0.717) is 38.8 Å². The number of hydrogen-bond acceptors (Lipinski definition) is 4. The number of alkyl halides is 3. The molecule has 3 fully saturated rings. The van der Waals surface area contributed by atoms with Crippen molar-refractivity contribution in [3.8, 4) is 0 Å². The van der Waals surface area contributed by atoms with Crippen LogP contribution in [-0.4, -0.2) is 96.4 Å². The highest BCUT2D eigenvalue weighted by molar-refractivity contribution is 6.33. The summed E-state index contributed by atoms with van der Waals surface area (Å²) >= 11 is 6.01. The van der Waals surface area contributed by atoms with E-state index in [9.17, 15) is 22.8 Å². The van der Waals surface area contributed by atoms with Crippen LogP contribution in [0.5, 0.6) is 0 Å². The number of nitrogens with zero attached hydrogens (tertiary/aromatic N) is 4. The van der Waals surface area contributed by atoms with Crippen molar-refractivity contribution in [2.75, 3.05) is 58.9 Å². The fourth-order valence-corrected chi connectivity index (χ4v) is 4.72. The van der Waals surface area contributed by atoms with Crippen LogP contribution in [-0.2, 0) is 11.0 Å². The van der Waals surface area contributed by atoms with Crippen molar-refractivity contribution in [2.24, 2.45) is 0 Å². The molecule has 3 aliphatic rings. The molecular weight excluding hydrogens is 445 g/mol. The van der Waals surface area contributed by atoms with Gasteiger partial charge in [0.2, 0.25) is 5.91 Å². The van der Waals surface area contributed by atoms with Crippen LogP contribution in [0.3, 0.4) is 0 Å². The maximum atomic E-state index is 13.0. The molecule has 1 aromatic carbocycles. The van der Waals surface area contributed by atoms with Gasteiger partial charge in [-0.1, -0.05) is 18.0 Å². The second-order valence-electron chi connectivity index (χ2n) is 8.76. The Morgan fingerprint density at radius 2 is 1.56 bits per heavy atom. The summed E-state index contributed by atoms with van der Waals surface area (Å²) in [5.41, 5.74) is -1.04. The molecule has 0 atom stereocenters. The second kappa shape index (κ2) is 9.57. The minimum absolute atomic E-state index is 0.00153. The van der Waals surface area contributed by atoms with Gasteiger partial charge in [-0.25, -0.2) is 0 Å². The van der Waals surface area contributed by atoms with Gasteiger partial charge in [-0.05, 0) is 31.0 Å². The predicted molar refractivity (Wildman–Crippen MR) is 115 cm³/mol. The number of carbonyl (C=O) groups is 2. The summed E-state index contributed by atoms with van der Waals surface area (Å²) in [6.45, 7) is 5.33. The SMILES string of the molecule is O=C(CN1CCN(C(=O)c2cc(C(F)(F)F)ccc2Cl)CC1)N1CCN(C2CCC2)CC1. The lowest BCUT2D eigenvalue weighted by atomic mass is 9.91. The summed E-state index contributed by atoms with van der Waals surface area (Å²) in [5.74, 6) is -0.418. The molecular formula is C22H28ClF3N4O2. The van der Waals surface area contributed by atoms with Crippen LogP contribution in [0.4, 0.5) is 13.2 Å². The quantitative estimate of drug-likeness (QED) is 0.676. The highest BCUT2D eigenvalue weighted by Gasteiger charge is 2.33. The van der Waals surface area contributed by atoms with Crippen molar-refractivity contribution < 1.29 is 22.8 Å². The van der Waals surface area contributed by atoms with Gasteiger partial charge in [-0.3, -0.25) is 19.4 Å². The summed E-state index contributed by atoms with van der Waals surface area (Å²) in [6.07, 6.45) is -0.703. The van der Waals surface area contributed by atoms with E-state index in [-0.39, 0.29) is 16.5 Å². The van der Waals surface area contributed by atoms with Gasteiger partial charge in [0, 0.05) is 58.4 Å². The normalized spacial score (nSPS) is 21.5. The second-order valence-corrected chi connectivity index (χ2v) is 9.17. The number of carbonyl (C=O) groups excluding carboxylic acids is 2. The Balaban J connectivity index is 1.26. The van der Waals surface area contributed by atoms with Crippen molar-refractivity contribution in [1.82, 2.24) is 19.6 Å². The van der Waals surface area contributed by atoms with Crippen molar-refractivity contribution in [2.45, 2.75) is 31.5 Å². The molecule has 0 radical (unpaired) electrons. The Bertz CT molecular complexity index is 846. The molecule has 1 aromatic rings. The first-order chi connectivity index (χ1) is 15.2. The van der Waals surface area contributed by atoms with Gasteiger partial charge >= 0.3 is 6.18 Å². The van der Waals surface area contributed by atoms with Crippen LogP contribution in [0, 0.1) is 0 Å². The smallest absolute Gasteiger partial charge is 0.339 e. The summed E-state index contributed by atoms with van der Waals surface area (Å²) < 4.78 is 39.0. The lowest BCUT2D eigenvalue weighted by Gasteiger charge is -2.43. The maximum absolute atomic E-state index is 13.0. The molecule has 0 N–H and O–H groups in total. The molecule has 0 bridgehead atoms. The number of halogens is 4. The fraction of sp³-hybridized carbons (Fsp3) is 0.636. The molecule has 2 saturated heterocycles. The van der Waals surface area contributed by atoms with Crippen molar-refractivity contribution in [3.63, 3.8) is 0 Å². The Kier molecular flexibility index (Phi) is 6.97. The van der Waals surface area contributed by atoms with E-state index >= 15 is 0 Å². The molecule has 6 nitrogen and oxygen atoms in total. The van der Waals surface area contributed by atoms with Crippen molar-refractivity contribution >= 4 is 23.4 Å². The van der Waals surface area contributed by atoms with Gasteiger partial charge in [-0.15, -0.1) is 0 Å². The third-order valence-corrected chi connectivity index (χ3v) is 7.13. The molecule has 176 valence electrons. The van der Waals surface area contributed by atoms with E-state index < -0.39 is 17.6 Å². The first-order valence-electron chi connectivity index (χ1n) is 11.1. The lowest BCUT2D eigenvalue weighted by molar-refractivity contribution is -0.137. The highest BCUT2D eigenvalue weighted by atomic mass is 35.5. The standard InChI is InChI=1S/C22H28ClF3N4O2/c23-19-5-4-16(22(24,25)26)14-18(19)21(32)30-8-6-27(7-9-30)15-20(31)29-12-10-28(11-13-29)17-2-1-3-17/h4-5,14,17H,1-3,6-13,15H2. The van der Waals surface area contributed by atoms with Gasteiger partial charge in [0.25, 0.3) is 5.91 Å². The first-order valence-corrected chi connectivity index (χ1v) is 11.5. The molecule has 2 amide bonds. The average Bonchev–Trinajstić information content (AvgIpc) is 2.72. The van der Waals surface area contributed by atoms with Gasteiger partial charge in [0.05, 0.1) is 22.7 Å². The van der Waals surface area contributed by atoms with Crippen LogP contribution >= 0.6 is 11.6 Å². The third kappa shape index (κ3) is 5.21. The predicted octanol–water partition coefficient (Wildman–Crippen LogP) is 2.81. The van der Waals surface area contributed by atoms with Gasteiger partial charge in [0.15, 0.2) is 0 Å². The Morgan fingerprint density at radius 1 is 0.938 bits per heavy atom. The summed E-state index contributed by atoms with van der Waals surface area (Å²) in [4.78, 5) is 33.4. The molecule has 2 aliphatic heterocycles. The zero-order valence-electron chi connectivity index (χ0n) is 17.9. The molecule has 32 heavy (non-hydrogen) atoms. The number of piperazine rings is 2. The largest absolute Gasteiger partial charge is 0.416 e. The van der Waals surface area contributed by atoms with E-state index in [2.05, 4.69) is 4.90 Å². The molecule has 0 spiro atoms. The number of rotatable bonds is 4. The van der Waals surface area contributed by atoms with Crippen LogP contribution in [0.15, 0.2) is 18.2 Å². The zero-order chi connectivity index (χ0) is 22.9. The lowest BCUT2D eigenvalue weighted by Crippen LogP contribution is -2.56. The van der Waals surface area contributed by atoms with E-state index in [1.807, 2.05) is 9.80 Å². The van der Waals surface area contributed by atoms with Crippen LogP contribution in [0.25, 0.3) is 0 Å². The summed E-state index contributed by atoms with van der Waals surface area (Å²) in [6, 6.07) is 3.48. The molecule has 1 aliphatic carbocycles. The van der Waals surface area contributed by atoms with E-state index in [4.69, 9.17) is 11.6 Å². The molecule has 2 heterocycles. The molecule has 1 saturated carbocycles. The summed E-state index contributed by atoms with van der Waals surface area (Å²) in [5, 5.41) is 0.00153. The summed E-state index contributed by atoms with van der Waals surface area (Å²) in [7, 11) is 0. The average molecular weight is 473 g/mol. The van der Waals surface area contributed by atoms with Crippen LogP contribution in [0.2, 0.25) is 5.02 Å². The minimum atomic E-state index is -4.54. The van der Waals surface area contributed by atoms with Gasteiger partial charge < -0.3 is 9.80 Å². The monoisotopic (exact) mass is 472 g/mol. The third-order valence-electron chi connectivity index (χ3n) is 6.80. The van der Waals surface area contributed by atoms with Crippen molar-refractivity contribution in [1.29, 1.82) is 0 Å². The van der Waals surface area contributed by atoms with E-state index in [1.54, 1.807) is 0 Å². The van der Waals surface area contributed by atoms with Crippen LogP contribution in [0.1, 0.15) is 35.2 Å². The Labute approximate surface area is 190 Å². The van der Waals surface area contributed by atoms with Gasteiger partial charge in [0.1, 0.15) is 0 Å². The number of benzene rings is 1. The molecule has 10 heteroatoms. The van der Waals surface area contributed by atoms with E-state index in [0.717, 1.165) is 44.4 Å². The first kappa shape index (κ1) is 23.3. The molecule has 0 aromatic heterocycles. The highest BCUT2D eigenvalue weighted by Crippen LogP contribution is 2.32.